The van der Waals surface area contributed by atoms with Crippen molar-refractivity contribution in [2.75, 3.05) is 37.2 Å². The Morgan fingerprint density at radius 3 is 2.42 bits per heavy atom. The maximum Gasteiger partial charge on any atom is 0.338 e. The van der Waals surface area contributed by atoms with Gasteiger partial charge in [0.25, 0.3) is 10.0 Å². The molecular formula is C25H35N3O4S. The number of carboxylic acid groups (broad SMARTS) is 1. The molecule has 1 aliphatic rings. The van der Waals surface area contributed by atoms with E-state index in [9.17, 15) is 18.3 Å². The van der Waals surface area contributed by atoms with Crippen LogP contribution in [0.15, 0.2) is 41.3 Å². The first-order chi connectivity index (χ1) is 15.5. The number of hydrogen-bond acceptors (Lipinski definition) is 5. The van der Waals surface area contributed by atoms with Crippen molar-refractivity contribution in [2.24, 2.45) is 5.41 Å². The Morgan fingerprint density at radius 1 is 1.03 bits per heavy atom. The van der Waals surface area contributed by atoms with Crippen LogP contribution in [0.5, 0.6) is 0 Å². The summed E-state index contributed by atoms with van der Waals surface area (Å²) in [7, 11) is -0.00340. The summed E-state index contributed by atoms with van der Waals surface area (Å²) in [4.78, 5) is 14.3. The van der Waals surface area contributed by atoms with Crippen molar-refractivity contribution in [1.82, 2.24) is 4.90 Å². The predicted molar refractivity (Wildman–Crippen MR) is 133 cm³/mol. The highest BCUT2D eigenvalue weighted by atomic mass is 32.2. The molecule has 3 N–H and O–H groups in total. The third-order valence-corrected chi connectivity index (χ3v) is 7.34. The average molecular weight is 474 g/mol. The molecule has 7 nitrogen and oxygen atoms in total. The van der Waals surface area contributed by atoms with Gasteiger partial charge in [0, 0.05) is 13.1 Å². The van der Waals surface area contributed by atoms with Crippen LogP contribution in [0.1, 0.15) is 54.6 Å². The first-order valence-electron chi connectivity index (χ1n) is 11.4. The first-order valence-corrected chi connectivity index (χ1v) is 12.9. The van der Waals surface area contributed by atoms with Crippen molar-refractivity contribution in [2.45, 2.75) is 50.8 Å². The lowest BCUT2D eigenvalue weighted by molar-refractivity contribution is 0.0696. The highest BCUT2D eigenvalue weighted by molar-refractivity contribution is 7.92. The number of aromatic carboxylic acids is 1. The predicted octanol–water partition coefficient (Wildman–Crippen LogP) is 4.45. The lowest BCUT2D eigenvalue weighted by Gasteiger charge is -2.29. The van der Waals surface area contributed by atoms with E-state index in [0.29, 0.717) is 18.7 Å². The fourth-order valence-corrected chi connectivity index (χ4v) is 5.88. The highest BCUT2D eigenvalue weighted by Gasteiger charge is 2.26. The molecule has 8 heteroatoms. The summed E-state index contributed by atoms with van der Waals surface area (Å²) >= 11 is 0. The summed E-state index contributed by atoms with van der Waals surface area (Å²) in [6.45, 7) is 5.65. The zero-order valence-electron chi connectivity index (χ0n) is 19.9. The van der Waals surface area contributed by atoms with Gasteiger partial charge in [-0.15, -0.1) is 0 Å². The van der Waals surface area contributed by atoms with Gasteiger partial charge in [-0.1, -0.05) is 38.5 Å². The number of hydrogen-bond donors (Lipinski definition) is 3. The Bertz CT molecular complexity index is 1110. The minimum Gasteiger partial charge on any atom is -0.478 e. The van der Waals surface area contributed by atoms with E-state index in [4.69, 9.17) is 0 Å². The van der Waals surface area contributed by atoms with Crippen molar-refractivity contribution in [1.29, 1.82) is 0 Å². The first kappa shape index (κ1) is 25.1. The molecule has 0 radical (unpaired) electrons. The number of carbonyl (C=O) groups is 1. The van der Waals surface area contributed by atoms with E-state index in [0.717, 1.165) is 43.4 Å². The fourth-order valence-electron chi connectivity index (χ4n) is 4.63. The molecule has 33 heavy (non-hydrogen) atoms. The lowest BCUT2D eigenvalue weighted by Crippen LogP contribution is -2.34. The molecule has 3 rings (SSSR count). The zero-order chi connectivity index (χ0) is 24.2. The minimum absolute atomic E-state index is 0.0653. The van der Waals surface area contributed by atoms with Gasteiger partial charge in [0.2, 0.25) is 0 Å². The van der Waals surface area contributed by atoms with E-state index in [1.807, 2.05) is 20.2 Å². The monoisotopic (exact) mass is 473 g/mol. The summed E-state index contributed by atoms with van der Waals surface area (Å²) < 4.78 is 29.3. The van der Waals surface area contributed by atoms with Crippen LogP contribution in [-0.4, -0.2) is 51.6 Å². The Hall–Kier alpha value is -2.58. The number of benzene rings is 2. The molecule has 1 aliphatic carbocycles. The smallest absolute Gasteiger partial charge is 0.338 e. The van der Waals surface area contributed by atoms with E-state index in [1.54, 1.807) is 24.3 Å². The Labute approximate surface area is 197 Å². The van der Waals surface area contributed by atoms with Gasteiger partial charge < -0.3 is 15.3 Å². The van der Waals surface area contributed by atoms with E-state index in [-0.39, 0.29) is 21.6 Å². The molecular weight excluding hydrogens is 438 g/mol. The molecule has 0 heterocycles. The van der Waals surface area contributed by atoms with Crippen molar-refractivity contribution >= 4 is 27.4 Å². The molecule has 0 atom stereocenters. The maximum atomic E-state index is 13.4. The van der Waals surface area contributed by atoms with Crippen molar-refractivity contribution < 1.29 is 18.3 Å². The number of para-hydroxylation sites is 1. The number of fused-ring (bicyclic) bond motifs is 1. The number of aryl methyl sites for hydroxylation is 1. The van der Waals surface area contributed by atoms with Crippen LogP contribution in [-0.2, 0) is 22.9 Å². The van der Waals surface area contributed by atoms with Gasteiger partial charge in [-0.2, -0.15) is 0 Å². The zero-order valence-corrected chi connectivity index (χ0v) is 20.8. The van der Waals surface area contributed by atoms with Gasteiger partial charge in [-0.3, -0.25) is 4.72 Å². The minimum atomic E-state index is -4.01. The number of sulfonamides is 1. The van der Waals surface area contributed by atoms with Gasteiger partial charge in [0.15, 0.2) is 0 Å². The normalized spacial score (nSPS) is 14.5. The SMILES string of the molecule is CN(C)CC(C)(C)CNc1ccccc1S(=O)(=O)Nc1ccc2c(c1C(=O)O)CCCCC2. The number of rotatable bonds is 9. The van der Waals surface area contributed by atoms with Crippen LogP contribution in [0.2, 0.25) is 0 Å². The lowest BCUT2D eigenvalue weighted by atomic mass is 9.93. The molecule has 0 amide bonds. The molecule has 0 aliphatic heterocycles. The second kappa shape index (κ2) is 10.1. The van der Waals surface area contributed by atoms with E-state index in [2.05, 4.69) is 28.8 Å². The van der Waals surface area contributed by atoms with Crippen molar-refractivity contribution in [3.05, 3.63) is 53.1 Å². The van der Waals surface area contributed by atoms with Gasteiger partial charge >= 0.3 is 5.97 Å². The van der Waals surface area contributed by atoms with Crippen LogP contribution < -0.4 is 10.0 Å². The standard InChI is InChI=1S/C25H35N3O4S/c1-25(2,17-28(3)4)16-26-20-12-8-9-13-22(20)33(31,32)27-21-15-14-18-10-6-5-7-11-19(18)23(21)24(29)30/h8-9,12-15,26-27H,5-7,10-11,16-17H2,1-4H3,(H,29,30). The summed E-state index contributed by atoms with van der Waals surface area (Å²) in [6.07, 6.45) is 4.42. The van der Waals surface area contributed by atoms with Gasteiger partial charge in [0.05, 0.1) is 16.9 Å². The quantitative estimate of drug-likeness (QED) is 0.465. The summed E-state index contributed by atoms with van der Waals surface area (Å²) in [6, 6.07) is 10.2. The number of anilines is 2. The van der Waals surface area contributed by atoms with Crippen molar-refractivity contribution in [3.8, 4) is 0 Å². The number of nitrogens with zero attached hydrogens (tertiary/aromatic N) is 1. The third-order valence-electron chi connectivity index (χ3n) is 5.92. The fraction of sp³-hybridized carbons (Fsp3) is 0.480. The van der Waals surface area contributed by atoms with Gasteiger partial charge in [-0.05, 0) is 74.5 Å². The molecule has 2 aromatic carbocycles. The van der Waals surface area contributed by atoms with Crippen LogP contribution in [0.25, 0.3) is 0 Å². The molecule has 0 aromatic heterocycles. The number of nitrogens with one attached hydrogen (secondary N) is 2. The molecule has 0 saturated carbocycles. The van der Waals surface area contributed by atoms with Crippen LogP contribution in [0.3, 0.4) is 0 Å². The maximum absolute atomic E-state index is 13.4. The molecule has 0 spiro atoms. The van der Waals surface area contributed by atoms with Crippen molar-refractivity contribution in [3.63, 3.8) is 0 Å². The summed E-state index contributed by atoms with van der Waals surface area (Å²) in [5.41, 5.74) is 2.33. The number of carboxylic acids is 1. The van der Waals surface area contributed by atoms with Gasteiger partial charge in [-0.25, -0.2) is 13.2 Å². The molecule has 180 valence electrons. The topological polar surface area (TPSA) is 98.7 Å². The molecule has 0 saturated heterocycles. The second-order valence-corrected chi connectivity index (χ2v) is 11.5. The molecule has 0 unspecified atom stereocenters. The molecule has 0 fully saturated rings. The van der Waals surface area contributed by atoms with E-state index < -0.39 is 16.0 Å². The second-order valence-electron chi connectivity index (χ2n) is 9.85. The summed E-state index contributed by atoms with van der Waals surface area (Å²) in [5.74, 6) is -1.11. The average Bonchev–Trinajstić information content (AvgIpc) is 2.96. The Morgan fingerprint density at radius 2 is 1.73 bits per heavy atom. The third kappa shape index (κ3) is 6.26. The van der Waals surface area contributed by atoms with Crippen LogP contribution in [0.4, 0.5) is 11.4 Å². The van der Waals surface area contributed by atoms with Gasteiger partial charge in [0.1, 0.15) is 4.90 Å². The summed E-state index contributed by atoms with van der Waals surface area (Å²) in [5, 5.41) is 13.2. The molecule has 0 bridgehead atoms. The Balaban J connectivity index is 1.92. The van der Waals surface area contributed by atoms with Crippen LogP contribution in [0, 0.1) is 5.41 Å². The van der Waals surface area contributed by atoms with Crippen LogP contribution >= 0.6 is 0 Å². The van der Waals surface area contributed by atoms with E-state index >= 15 is 0 Å². The Kier molecular flexibility index (Phi) is 7.69. The largest absolute Gasteiger partial charge is 0.478 e. The highest BCUT2D eigenvalue weighted by Crippen LogP contribution is 2.32. The molecule has 2 aromatic rings. The van der Waals surface area contributed by atoms with E-state index in [1.165, 1.54) is 6.07 Å².